The van der Waals surface area contributed by atoms with Gasteiger partial charge in [0.05, 0.1) is 6.61 Å². The topological polar surface area (TPSA) is 46.3 Å². The largest absolute Gasteiger partial charge is 0.390 e. The first-order valence-electron chi connectivity index (χ1n) is 2.47. The number of nitrogens with zero attached hydrogens (tertiary/aromatic N) is 1. The molecule has 0 aliphatic heterocycles. The molecule has 1 rings (SSSR count). The lowest BCUT2D eigenvalue weighted by molar-refractivity contribution is 0.266. The molecule has 0 aliphatic carbocycles. The van der Waals surface area contributed by atoms with Crippen molar-refractivity contribution in [3.05, 3.63) is 16.5 Å². The standard InChI is InChI=1S/C5H6ClNO2/c1-3-4(2-8)7-9-5(3)6/h8H,2H2,1H3. The fourth-order valence-corrected chi connectivity index (χ4v) is 0.637. The zero-order chi connectivity index (χ0) is 6.85. The van der Waals surface area contributed by atoms with E-state index >= 15 is 0 Å². The highest BCUT2D eigenvalue weighted by Gasteiger charge is 2.06. The average molecular weight is 148 g/mol. The van der Waals surface area contributed by atoms with Gasteiger partial charge in [0, 0.05) is 5.56 Å². The molecule has 1 N–H and O–H groups in total. The lowest BCUT2D eigenvalue weighted by atomic mass is 10.3. The molecule has 0 fully saturated rings. The van der Waals surface area contributed by atoms with Gasteiger partial charge in [-0.1, -0.05) is 5.16 Å². The second-order valence-electron chi connectivity index (χ2n) is 1.69. The van der Waals surface area contributed by atoms with Crippen LogP contribution in [-0.2, 0) is 6.61 Å². The van der Waals surface area contributed by atoms with E-state index in [2.05, 4.69) is 9.68 Å². The smallest absolute Gasteiger partial charge is 0.229 e. The Morgan fingerprint density at radius 2 is 2.44 bits per heavy atom. The van der Waals surface area contributed by atoms with Crippen LogP contribution < -0.4 is 0 Å². The van der Waals surface area contributed by atoms with E-state index < -0.39 is 0 Å². The van der Waals surface area contributed by atoms with Gasteiger partial charge in [0.1, 0.15) is 5.69 Å². The second-order valence-corrected chi connectivity index (χ2v) is 2.03. The van der Waals surface area contributed by atoms with Crippen LogP contribution in [0.15, 0.2) is 4.52 Å². The van der Waals surface area contributed by atoms with Gasteiger partial charge < -0.3 is 9.63 Å². The first kappa shape index (κ1) is 6.58. The minimum atomic E-state index is -0.123. The molecule has 9 heavy (non-hydrogen) atoms. The van der Waals surface area contributed by atoms with Crippen LogP contribution in [0.1, 0.15) is 11.3 Å². The summed E-state index contributed by atoms with van der Waals surface area (Å²) >= 11 is 5.47. The number of aliphatic hydroxyl groups is 1. The minimum Gasteiger partial charge on any atom is -0.390 e. The molecule has 50 valence electrons. The monoisotopic (exact) mass is 147 g/mol. The van der Waals surface area contributed by atoms with Crippen molar-refractivity contribution in [2.75, 3.05) is 0 Å². The van der Waals surface area contributed by atoms with Crippen molar-refractivity contribution in [3.63, 3.8) is 0 Å². The van der Waals surface area contributed by atoms with Gasteiger partial charge in [0.15, 0.2) is 0 Å². The summed E-state index contributed by atoms with van der Waals surface area (Å²) < 4.78 is 4.54. The van der Waals surface area contributed by atoms with Crippen LogP contribution in [0.3, 0.4) is 0 Å². The Labute approximate surface area is 57.2 Å². The third kappa shape index (κ3) is 1.06. The number of hydrogen-bond acceptors (Lipinski definition) is 3. The fraction of sp³-hybridized carbons (Fsp3) is 0.400. The number of aromatic nitrogens is 1. The quantitative estimate of drug-likeness (QED) is 0.648. The maximum Gasteiger partial charge on any atom is 0.229 e. The number of hydrogen-bond donors (Lipinski definition) is 1. The van der Waals surface area contributed by atoms with Crippen LogP contribution in [0.2, 0.25) is 5.22 Å². The molecule has 0 atom stereocenters. The molecule has 0 aliphatic rings. The maximum atomic E-state index is 8.55. The summed E-state index contributed by atoms with van der Waals surface area (Å²) in [6, 6.07) is 0. The summed E-state index contributed by atoms with van der Waals surface area (Å²) in [5.74, 6) is 0. The number of aliphatic hydroxyl groups excluding tert-OH is 1. The Bertz CT molecular complexity index is 209. The SMILES string of the molecule is Cc1c(CO)noc1Cl. The first-order valence-corrected chi connectivity index (χ1v) is 2.85. The number of rotatable bonds is 1. The molecule has 0 aromatic carbocycles. The van der Waals surface area contributed by atoms with E-state index in [0.29, 0.717) is 11.3 Å². The van der Waals surface area contributed by atoms with Crippen LogP contribution in [-0.4, -0.2) is 10.3 Å². The van der Waals surface area contributed by atoms with E-state index in [4.69, 9.17) is 16.7 Å². The van der Waals surface area contributed by atoms with Gasteiger partial charge in [-0.2, -0.15) is 0 Å². The third-order valence-corrected chi connectivity index (χ3v) is 1.47. The molecular weight excluding hydrogens is 142 g/mol. The minimum absolute atomic E-state index is 0.123. The molecule has 4 heteroatoms. The van der Waals surface area contributed by atoms with E-state index in [1.165, 1.54) is 0 Å². The second kappa shape index (κ2) is 2.37. The van der Waals surface area contributed by atoms with Crippen molar-refractivity contribution in [1.82, 2.24) is 5.16 Å². The Morgan fingerprint density at radius 3 is 2.67 bits per heavy atom. The van der Waals surface area contributed by atoms with E-state index in [-0.39, 0.29) is 11.8 Å². The summed E-state index contributed by atoms with van der Waals surface area (Å²) in [7, 11) is 0. The summed E-state index contributed by atoms with van der Waals surface area (Å²) in [6.45, 7) is 1.62. The molecule has 0 amide bonds. The fourth-order valence-electron chi connectivity index (χ4n) is 0.493. The van der Waals surface area contributed by atoms with Crippen molar-refractivity contribution in [3.8, 4) is 0 Å². The van der Waals surface area contributed by atoms with Gasteiger partial charge in [-0.05, 0) is 18.5 Å². The lowest BCUT2D eigenvalue weighted by Gasteiger charge is -1.84. The molecule has 1 aromatic heterocycles. The molecule has 0 unspecified atom stereocenters. The van der Waals surface area contributed by atoms with Crippen molar-refractivity contribution >= 4 is 11.6 Å². The van der Waals surface area contributed by atoms with Gasteiger partial charge >= 0.3 is 0 Å². The van der Waals surface area contributed by atoms with Crippen LogP contribution in [0.4, 0.5) is 0 Å². The van der Waals surface area contributed by atoms with Crippen molar-refractivity contribution < 1.29 is 9.63 Å². The Balaban J connectivity index is 3.04. The summed E-state index contributed by atoms with van der Waals surface area (Å²) in [6.07, 6.45) is 0. The first-order chi connectivity index (χ1) is 4.25. The van der Waals surface area contributed by atoms with Crippen LogP contribution in [0, 0.1) is 6.92 Å². The number of halogens is 1. The predicted octanol–water partition coefficient (Wildman–Crippen LogP) is 1.13. The van der Waals surface area contributed by atoms with Gasteiger partial charge in [-0.3, -0.25) is 0 Å². The van der Waals surface area contributed by atoms with Crippen LogP contribution in [0.5, 0.6) is 0 Å². The van der Waals surface area contributed by atoms with Gasteiger partial charge in [0.2, 0.25) is 5.22 Å². The zero-order valence-electron chi connectivity index (χ0n) is 4.89. The van der Waals surface area contributed by atoms with Crippen LogP contribution in [0.25, 0.3) is 0 Å². The Hall–Kier alpha value is -0.540. The van der Waals surface area contributed by atoms with E-state index in [1.54, 1.807) is 6.92 Å². The van der Waals surface area contributed by atoms with Gasteiger partial charge in [0.25, 0.3) is 0 Å². The predicted molar refractivity (Wildman–Crippen MR) is 32.2 cm³/mol. The van der Waals surface area contributed by atoms with Crippen molar-refractivity contribution in [2.45, 2.75) is 13.5 Å². The molecule has 0 bridgehead atoms. The highest BCUT2D eigenvalue weighted by atomic mass is 35.5. The van der Waals surface area contributed by atoms with Crippen molar-refractivity contribution in [2.24, 2.45) is 0 Å². The Kier molecular flexibility index (Phi) is 1.73. The summed E-state index contributed by atoms with van der Waals surface area (Å²) in [4.78, 5) is 0. The molecule has 0 radical (unpaired) electrons. The third-order valence-electron chi connectivity index (χ3n) is 1.11. The molecule has 0 saturated carbocycles. The van der Waals surface area contributed by atoms with Crippen molar-refractivity contribution in [1.29, 1.82) is 0 Å². The highest BCUT2D eigenvalue weighted by molar-refractivity contribution is 6.29. The average Bonchev–Trinajstić information content (AvgIpc) is 2.15. The lowest BCUT2D eigenvalue weighted by Crippen LogP contribution is -1.83. The van der Waals surface area contributed by atoms with E-state index in [0.717, 1.165) is 0 Å². The maximum absolute atomic E-state index is 8.55. The normalized spacial score (nSPS) is 10.1. The van der Waals surface area contributed by atoms with Crippen LogP contribution >= 0.6 is 11.6 Å². The van der Waals surface area contributed by atoms with E-state index in [9.17, 15) is 0 Å². The summed E-state index contributed by atoms with van der Waals surface area (Å²) in [5, 5.41) is 12.3. The molecule has 1 heterocycles. The van der Waals surface area contributed by atoms with Gasteiger partial charge in [-0.25, -0.2) is 0 Å². The molecule has 0 spiro atoms. The van der Waals surface area contributed by atoms with Gasteiger partial charge in [-0.15, -0.1) is 0 Å². The summed E-state index contributed by atoms with van der Waals surface area (Å²) in [5.41, 5.74) is 1.21. The van der Waals surface area contributed by atoms with E-state index in [1.807, 2.05) is 0 Å². The highest BCUT2D eigenvalue weighted by Crippen LogP contribution is 2.17. The molecular formula is C5H6ClNO2. The molecule has 1 aromatic rings. The molecule has 3 nitrogen and oxygen atoms in total. The Morgan fingerprint density at radius 1 is 1.78 bits per heavy atom. The zero-order valence-corrected chi connectivity index (χ0v) is 5.64. The molecule has 0 saturated heterocycles.